The van der Waals surface area contributed by atoms with Crippen molar-refractivity contribution in [3.05, 3.63) is 448 Å². The Morgan fingerprint density at radius 2 is 0.376 bits per heavy atom. The van der Waals surface area contributed by atoms with Gasteiger partial charge in [-0.05, 0) is 161 Å². The zero-order chi connectivity index (χ0) is 62.9. The molecule has 0 fully saturated rings. The fraction of sp³-hybridized carbons (Fsp3) is 0.0112. The van der Waals surface area contributed by atoms with Gasteiger partial charge in [0.2, 0.25) is 0 Å². The Balaban J connectivity index is 0.000000157. The van der Waals surface area contributed by atoms with Gasteiger partial charge in [0, 0.05) is 26.0 Å². The van der Waals surface area contributed by atoms with E-state index in [9.17, 15) is 0 Å². The van der Waals surface area contributed by atoms with E-state index in [1.807, 2.05) is 54.6 Å². The molecule has 3 N–H and O–H groups in total. The monoisotopic (exact) mass is 1330 g/mol. The number of hydrogen-bond donors (Lipinski definition) is 2. The summed E-state index contributed by atoms with van der Waals surface area (Å²) >= 11 is 6.95. The molecule has 452 valence electrons. The minimum atomic E-state index is 0. The molecule has 14 aromatic carbocycles. The maximum absolute atomic E-state index is 5.36. The number of benzene rings is 14. The van der Waals surface area contributed by atoms with Crippen LogP contribution in [0.3, 0.4) is 0 Å². The fourth-order valence-electron chi connectivity index (χ4n) is 10.9. The predicted octanol–water partition coefficient (Wildman–Crippen LogP) is 25.2. The SMILES string of the molecule is Brc1ccc(-c2ccc(C(=C(c3ccccc3)c3ccccc3)c3ccccc3)cc2)cc1.Brc1ccc(-c2ccccc2)cc1.C.Nc1ccccc1.c1ccc(Nc2ccc(-c3ccc(C(=C(c4ccccc4)c4ccccc4)c4ccccc4)cc3)cc2)cc1. The number of nitrogens with two attached hydrogens (primary N) is 1. The zero-order valence-electron chi connectivity index (χ0n) is 50.9. The van der Waals surface area contributed by atoms with Crippen molar-refractivity contribution in [2.75, 3.05) is 11.1 Å². The van der Waals surface area contributed by atoms with Gasteiger partial charge in [0.05, 0.1) is 0 Å². The Morgan fingerprint density at radius 1 is 0.194 bits per heavy atom. The normalized spacial score (nSPS) is 10.2. The van der Waals surface area contributed by atoms with Crippen LogP contribution in [0.4, 0.5) is 17.1 Å². The second-order valence-corrected chi connectivity index (χ2v) is 23.5. The van der Waals surface area contributed by atoms with Crippen LogP contribution in [0.2, 0.25) is 0 Å². The minimum Gasteiger partial charge on any atom is -0.399 e. The van der Waals surface area contributed by atoms with Crippen LogP contribution >= 0.6 is 31.9 Å². The number of hydrogen-bond acceptors (Lipinski definition) is 2. The highest BCUT2D eigenvalue weighted by Crippen LogP contribution is 2.40. The van der Waals surface area contributed by atoms with Gasteiger partial charge in [0.1, 0.15) is 0 Å². The first-order valence-electron chi connectivity index (χ1n) is 30.7. The van der Waals surface area contributed by atoms with Crippen LogP contribution in [-0.2, 0) is 0 Å². The van der Waals surface area contributed by atoms with Crippen molar-refractivity contribution in [2.24, 2.45) is 0 Å². The molecule has 0 saturated carbocycles. The largest absolute Gasteiger partial charge is 0.399 e. The van der Waals surface area contributed by atoms with Crippen LogP contribution < -0.4 is 11.1 Å². The first-order valence-corrected chi connectivity index (χ1v) is 32.3. The van der Waals surface area contributed by atoms with E-state index in [0.29, 0.717) is 0 Å². The van der Waals surface area contributed by atoms with Crippen LogP contribution in [0.5, 0.6) is 0 Å². The average Bonchev–Trinajstić information content (AvgIpc) is 0.996. The quantitative estimate of drug-likeness (QED) is 0.0892. The Morgan fingerprint density at radius 3 is 0.624 bits per heavy atom. The van der Waals surface area contributed by atoms with Gasteiger partial charge in [0.25, 0.3) is 0 Å². The van der Waals surface area contributed by atoms with Crippen molar-refractivity contribution < 1.29 is 0 Å². The van der Waals surface area contributed by atoms with E-state index >= 15 is 0 Å². The maximum atomic E-state index is 5.36. The van der Waals surface area contributed by atoms with Crippen molar-refractivity contribution >= 4 is 71.2 Å². The second kappa shape index (κ2) is 33.8. The van der Waals surface area contributed by atoms with Crippen LogP contribution in [0.1, 0.15) is 51.9 Å². The van der Waals surface area contributed by atoms with E-state index in [1.54, 1.807) is 0 Å². The van der Waals surface area contributed by atoms with Gasteiger partial charge in [-0.15, -0.1) is 0 Å². The molecule has 14 rings (SSSR count). The zero-order valence-corrected chi connectivity index (χ0v) is 54.0. The predicted molar refractivity (Wildman–Crippen MR) is 407 cm³/mol. The molecule has 0 aliphatic rings. The number of nitrogen functional groups attached to an aromatic ring is 1. The molecule has 0 spiro atoms. The maximum Gasteiger partial charge on any atom is 0.0384 e. The lowest BCUT2D eigenvalue weighted by molar-refractivity contribution is 1.49. The minimum absolute atomic E-state index is 0. The summed E-state index contributed by atoms with van der Waals surface area (Å²) in [4.78, 5) is 0. The molecule has 0 aliphatic heterocycles. The summed E-state index contributed by atoms with van der Waals surface area (Å²) in [6.07, 6.45) is 0. The molecule has 0 amide bonds. The summed E-state index contributed by atoms with van der Waals surface area (Å²) in [5.41, 5.74) is 30.2. The summed E-state index contributed by atoms with van der Waals surface area (Å²) in [5.74, 6) is 0. The van der Waals surface area contributed by atoms with Crippen LogP contribution in [0.25, 0.3) is 55.7 Å². The molecule has 2 nitrogen and oxygen atoms in total. The van der Waals surface area contributed by atoms with Crippen LogP contribution in [0, 0.1) is 0 Å². The standard InChI is InChI=1S/C38H29N.C32H23Br.C12H9Br.C6H7N.CH4/c1-5-13-31(14-6-1)37(32-15-7-2-8-16-32)38(33-17-9-3-10-18-33)34-23-21-29(22-24-34)30-25-27-36(28-26-30)39-35-19-11-4-12-20-35;33-30-22-20-25(21-23-30)24-16-18-29(19-17-24)32(28-14-8-3-9-15-28)31(26-10-4-1-5-11-26)27-12-6-2-7-13-27;13-12-8-6-11(7-9-12)10-4-2-1-3-5-10;7-6-4-2-1-3-5-6;/h1-28,39H;1-23H;1-9H;1-5H,7H2;1H4. The van der Waals surface area contributed by atoms with E-state index in [0.717, 1.165) is 26.0 Å². The lowest BCUT2D eigenvalue weighted by Crippen LogP contribution is -1.97. The third kappa shape index (κ3) is 18.2. The summed E-state index contributed by atoms with van der Waals surface area (Å²) in [6.45, 7) is 0. The summed E-state index contributed by atoms with van der Waals surface area (Å²) in [7, 11) is 0. The molecule has 0 heterocycles. The number of anilines is 3. The lowest BCUT2D eigenvalue weighted by atomic mass is 9.85. The van der Waals surface area contributed by atoms with Gasteiger partial charge in [-0.3, -0.25) is 0 Å². The van der Waals surface area contributed by atoms with Crippen LogP contribution in [0.15, 0.2) is 403 Å². The molecular formula is C89H72Br2N2. The van der Waals surface area contributed by atoms with E-state index < -0.39 is 0 Å². The molecular weight excluding hydrogens is 1260 g/mol. The molecule has 0 aromatic heterocycles. The van der Waals surface area contributed by atoms with E-state index in [-0.39, 0.29) is 7.43 Å². The third-order valence-corrected chi connectivity index (χ3v) is 16.5. The molecule has 14 aromatic rings. The summed E-state index contributed by atoms with van der Waals surface area (Å²) in [5, 5.41) is 3.46. The highest BCUT2D eigenvalue weighted by atomic mass is 79.9. The molecule has 0 atom stereocenters. The average molecular weight is 1330 g/mol. The Labute approximate surface area is 566 Å². The van der Waals surface area contributed by atoms with Gasteiger partial charge < -0.3 is 11.1 Å². The number of nitrogens with one attached hydrogen (secondary N) is 1. The first-order chi connectivity index (χ1) is 45.4. The van der Waals surface area contributed by atoms with Crippen LogP contribution in [-0.4, -0.2) is 0 Å². The smallest absolute Gasteiger partial charge is 0.0384 e. The van der Waals surface area contributed by atoms with Gasteiger partial charge >= 0.3 is 0 Å². The Hall–Kier alpha value is -10.9. The number of halogens is 2. The second-order valence-electron chi connectivity index (χ2n) is 21.7. The lowest BCUT2D eigenvalue weighted by Gasteiger charge is -2.18. The van der Waals surface area contributed by atoms with E-state index in [4.69, 9.17) is 5.73 Å². The van der Waals surface area contributed by atoms with Gasteiger partial charge in [0.15, 0.2) is 0 Å². The number of rotatable bonds is 13. The van der Waals surface area contributed by atoms with Gasteiger partial charge in [-0.2, -0.15) is 0 Å². The molecule has 0 bridgehead atoms. The Kier molecular flexibility index (Phi) is 23.7. The van der Waals surface area contributed by atoms with E-state index in [2.05, 4.69) is 377 Å². The molecule has 4 heteroatoms. The first kappa shape index (κ1) is 65.1. The summed E-state index contributed by atoms with van der Waals surface area (Å²) < 4.78 is 2.21. The fourth-order valence-corrected chi connectivity index (χ4v) is 11.4. The topological polar surface area (TPSA) is 38.0 Å². The Bertz CT molecular complexity index is 4450. The molecule has 93 heavy (non-hydrogen) atoms. The van der Waals surface area contributed by atoms with Crippen molar-refractivity contribution in [3.8, 4) is 33.4 Å². The molecule has 0 aliphatic carbocycles. The van der Waals surface area contributed by atoms with Crippen molar-refractivity contribution in [3.63, 3.8) is 0 Å². The molecule has 0 radical (unpaired) electrons. The third-order valence-electron chi connectivity index (χ3n) is 15.4. The van der Waals surface area contributed by atoms with Gasteiger partial charge in [-0.25, -0.2) is 0 Å². The van der Waals surface area contributed by atoms with E-state index in [1.165, 1.54) is 100 Å². The highest BCUT2D eigenvalue weighted by molar-refractivity contribution is 9.10. The van der Waals surface area contributed by atoms with Crippen molar-refractivity contribution in [1.82, 2.24) is 0 Å². The molecule has 0 unspecified atom stereocenters. The highest BCUT2D eigenvalue weighted by Gasteiger charge is 2.18. The summed E-state index contributed by atoms with van der Waals surface area (Å²) in [6, 6.07) is 138. The molecule has 0 saturated heterocycles. The van der Waals surface area contributed by atoms with Crippen molar-refractivity contribution in [2.45, 2.75) is 7.43 Å². The van der Waals surface area contributed by atoms with Crippen molar-refractivity contribution in [1.29, 1.82) is 0 Å². The van der Waals surface area contributed by atoms with Gasteiger partial charge in [-0.1, -0.05) is 373 Å². The number of para-hydroxylation sites is 2.